The van der Waals surface area contributed by atoms with E-state index in [1.165, 1.54) is 17.5 Å². The molecule has 0 saturated carbocycles. The molecule has 2 aliphatic rings. The first-order valence-electron chi connectivity index (χ1n) is 8.03. The average Bonchev–Trinajstić information content (AvgIpc) is 3.27. The van der Waals surface area contributed by atoms with Crippen molar-refractivity contribution in [3.8, 4) is 0 Å². The monoisotopic (exact) mass is 325 g/mol. The summed E-state index contributed by atoms with van der Waals surface area (Å²) in [6.07, 6.45) is 6.72. The highest BCUT2D eigenvalue weighted by molar-refractivity contribution is 6.32. The summed E-state index contributed by atoms with van der Waals surface area (Å²) in [7, 11) is 4.20. The van der Waals surface area contributed by atoms with E-state index >= 15 is 0 Å². The summed E-state index contributed by atoms with van der Waals surface area (Å²) in [4.78, 5) is 17.8. The summed E-state index contributed by atoms with van der Waals surface area (Å²) >= 11 is 0. The van der Waals surface area contributed by atoms with Crippen LogP contribution in [0.15, 0.2) is 33.5 Å². The maximum atomic E-state index is 12.1. The van der Waals surface area contributed by atoms with Gasteiger partial charge in [-0.1, -0.05) is 5.16 Å². The van der Waals surface area contributed by atoms with Gasteiger partial charge in [0, 0.05) is 23.5 Å². The maximum Gasteiger partial charge on any atom is 0.273 e. The van der Waals surface area contributed by atoms with Crippen molar-refractivity contribution in [2.24, 2.45) is 5.10 Å². The molecule has 2 N–H and O–H groups in total. The molecule has 24 heavy (non-hydrogen) atoms. The molecule has 0 saturated heterocycles. The molecule has 2 aromatic rings. The van der Waals surface area contributed by atoms with Crippen LogP contribution in [0.25, 0.3) is 6.08 Å². The van der Waals surface area contributed by atoms with Crippen molar-refractivity contribution >= 4 is 17.7 Å². The van der Waals surface area contributed by atoms with E-state index in [0.29, 0.717) is 23.1 Å². The number of hydrazone groups is 1. The lowest BCUT2D eigenvalue weighted by molar-refractivity contribution is -0.116. The summed E-state index contributed by atoms with van der Waals surface area (Å²) < 4.78 is 5.13. The fraction of sp³-hybridized carbons (Fsp3) is 0.353. The van der Waals surface area contributed by atoms with Crippen LogP contribution in [0.3, 0.4) is 0 Å². The largest absolute Gasteiger partial charge is 0.359 e. The van der Waals surface area contributed by atoms with Crippen LogP contribution in [0.5, 0.6) is 0 Å². The topological polar surface area (TPSA) is 86.5 Å². The Morgan fingerprint density at radius 2 is 2.29 bits per heavy atom. The first-order valence-corrected chi connectivity index (χ1v) is 8.03. The molecule has 0 fully saturated rings. The van der Waals surface area contributed by atoms with Crippen molar-refractivity contribution in [3.05, 3.63) is 46.6 Å². The number of aromatic amines is 1. The minimum atomic E-state index is -0.238. The van der Waals surface area contributed by atoms with Crippen LogP contribution in [-0.4, -0.2) is 40.8 Å². The van der Waals surface area contributed by atoms with Crippen LogP contribution in [0, 0.1) is 0 Å². The molecule has 1 unspecified atom stereocenters. The molecule has 7 heteroatoms. The molecule has 4 rings (SSSR count). The molecule has 124 valence electrons. The van der Waals surface area contributed by atoms with Gasteiger partial charge < -0.3 is 14.4 Å². The Hall–Kier alpha value is -2.67. The third kappa shape index (κ3) is 2.46. The molecular formula is C17H19N5O2. The van der Waals surface area contributed by atoms with E-state index in [4.69, 9.17) is 4.52 Å². The number of carbonyl (C=O) groups is 1. The third-order valence-corrected chi connectivity index (χ3v) is 4.58. The van der Waals surface area contributed by atoms with Gasteiger partial charge in [0.15, 0.2) is 5.76 Å². The average molecular weight is 325 g/mol. The Morgan fingerprint density at radius 3 is 3.04 bits per heavy atom. The van der Waals surface area contributed by atoms with E-state index in [1.807, 2.05) is 6.08 Å². The maximum absolute atomic E-state index is 12.1. The van der Waals surface area contributed by atoms with Crippen molar-refractivity contribution in [1.82, 2.24) is 20.5 Å². The molecule has 1 aliphatic carbocycles. The number of carbonyl (C=O) groups excluding carboxylic acids is 1. The predicted octanol–water partition coefficient (Wildman–Crippen LogP) is 1.86. The molecule has 0 aromatic carbocycles. The Balaban J connectivity index is 1.71. The standard InChI is InChI=1S/C17H19N5O2/c1-22(2)14-5-3-4-13-11(14)8-10(19-13)9-12-16(20-21-17(12)23)15-6-7-18-24-15/h6-9,14,19H,3-5H2,1-2H3,(H,21,23). The number of nitrogens with one attached hydrogen (secondary N) is 2. The van der Waals surface area contributed by atoms with Gasteiger partial charge in [0.1, 0.15) is 5.71 Å². The Morgan fingerprint density at radius 1 is 1.42 bits per heavy atom. The minimum Gasteiger partial charge on any atom is -0.359 e. The number of rotatable bonds is 3. The van der Waals surface area contributed by atoms with Gasteiger partial charge >= 0.3 is 0 Å². The molecule has 0 spiro atoms. The lowest BCUT2D eigenvalue weighted by atomic mass is 9.92. The Labute approximate surface area is 139 Å². The SMILES string of the molecule is CN(C)C1CCCc2[nH]c(C=C3C(=O)NN=C3c3ccno3)cc21. The zero-order valence-electron chi connectivity index (χ0n) is 13.7. The molecule has 1 atom stereocenters. The summed E-state index contributed by atoms with van der Waals surface area (Å²) in [5.74, 6) is 0.236. The van der Waals surface area contributed by atoms with E-state index in [9.17, 15) is 4.79 Å². The van der Waals surface area contributed by atoms with Gasteiger partial charge in [0.05, 0.1) is 11.8 Å². The lowest BCUT2D eigenvalue weighted by Crippen LogP contribution is -2.23. The van der Waals surface area contributed by atoms with Gasteiger partial charge in [-0.2, -0.15) is 5.10 Å². The van der Waals surface area contributed by atoms with Gasteiger partial charge in [0.2, 0.25) is 0 Å². The minimum absolute atomic E-state index is 0.238. The first kappa shape index (κ1) is 14.9. The molecular weight excluding hydrogens is 306 g/mol. The summed E-state index contributed by atoms with van der Waals surface area (Å²) in [5.41, 5.74) is 6.92. The van der Waals surface area contributed by atoms with E-state index in [1.54, 1.807) is 6.07 Å². The van der Waals surface area contributed by atoms with Gasteiger partial charge in [-0.05, 0) is 51.1 Å². The smallest absolute Gasteiger partial charge is 0.273 e. The van der Waals surface area contributed by atoms with E-state index < -0.39 is 0 Å². The van der Waals surface area contributed by atoms with Crippen LogP contribution >= 0.6 is 0 Å². The second-order valence-corrected chi connectivity index (χ2v) is 6.37. The Bertz CT molecular complexity index is 829. The number of fused-ring (bicyclic) bond motifs is 1. The normalized spacial score (nSPS) is 22.0. The zero-order valence-corrected chi connectivity index (χ0v) is 13.7. The van der Waals surface area contributed by atoms with Gasteiger partial charge in [-0.3, -0.25) is 4.79 Å². The van der Waals surface area contributed by atoms with Crippen molar-refractivity contribution in [2.45, 2.75) is 25.3 Å². The summed E-state index contributed by atoms with van der Waals surface area (Å²) in [5, 5.41) is 7.73. The fourth-order valence-corrected chi connectivity index (χ4v) is 3.43. The third-order valence-electron chi connectivity index (χ3n) is 4.58. The highest BCUT2D eigenvalue weighted by atomic mass is 16.5. The second-order valence-electron chi connectivity index (χ2n) is 6.37. The molecule has 3 heterocycles. The highest BCUT2D eigenvalue weighted by Gasteiger charge is 2.28. The van der Waals surface area contributed by atoms with Gasteiger partial charge in [-0.25, -0.2) is 5.43 Å². The lowest BCUT2D eigenvalue weighted by Gasteiger charge is -2.28. The van der Waals surface area contributed by atoms with Crippen LogP contribution in [0.4, 0.5) is 0 Å². The number of aryl methyl sites for hydroxylation is 1. The van der Waals surface area contributed by atoms with E-state index in [0.717, 1.165) is 25.0 Å². The van der Waals surface area contributed by atoms with Crippen molar-refractivity contribution in [2.75, 3.05) is 14.1 Å². The molecule has 2 aromatic heterocycles. The van der Waals surface area contributed by atoms with Crippen LogP contribution in [0.1, 0.15) is 41.6 Å². The van der Waals surface area contributed by atoms with E-state index in [-0.39, 0.29) is 5.91 Å². The Kier molecular flexibility index (Phi) is 3.57. The summed E-state index contributed by atoms with van der Waals surface area (Å²) in [6.45, 7) is 0. The van der Waals surface area contributed by atoms with E-state index in [2.05, 4.69) is 45.7 Å². The molecule has 7 nitrogen and oxygen atoms in total. The van der Waals surface area contributed by atoms with Crippen molar-refractivity contribution in [3.63, 3.8) is 0 Å². The second kappa shape index (κ2) is 5.76. The number of amides is 1. The molecule has 0 bridgehead atoms. The molecule has 1 aliphatic heterocycles. The first-order chi connectivity index (χ1) is 11.6. The van der Waals surface area contributed by atoms with Gasteiger partial charge in [-0.15, -0.1) is 0 Å². The highest BCUT2D eigenvalue weighted by Crippen LogP contribution is 2.34. The molecule has 0 radical (unpaired) electrons. The van der Waals surface area contributed by atoms with Crippen molar-refractivity contribution in [1.29, 1.82) is 0 Å². The van der Waals surface area contributed by atoms with Gasteiger partial charge in [0.25, 0.3) is 5.91 Å². The molecule has 1 amide bonds. The van der Waals surface area contributed by atoms with Crippen LogP contribution in [-0.2, 0) is 11.2 Å². The zero-order chi connectivity index (χ0) is 16.7. The number of nitrogens with zero attached hydrogens (tertiary/aromatic N) is 3. The predicted molar refractivity (Wildman–Crippen MR) is 89.3 cm³/mol. The van der Waals surface area contributed by atoms with Crippen LogP contribution < -0.4 is 5.43 Å². The number of aromatic nitrogens is 2. The quantitative estimate of drug-likeness (QED) is 0.843. The number of hydrogen-bond donors (Lipinski definition) is 2. The van der Waals surface area contributed by atoms with Crippen molar-refractivity contribution < 1.29 is 9.32 Å². The number of hydrogen-bond acceptors (Lipinski definition) is 5. The number of H-pyrrole nitrogens is 1. The summed E-state index contributed by atoms with van der Waals surface area (Å²) in [6, 6.07) is 4.24. The fourth-order valence-electron chi connectivity index (χ4n) is 3.43. The van der Waals surface area contributed by atoms with Crippen LogP contribution in [0.2, 0.25) is 0 Å².